The van der Waals surface area contributed by atoms with E-state index < -0.39 is 5.97 Å². The molecule has 0 amide bonds. The van der Waals surface area contributed by atoms with Crippen LogP contribution in [0.25, 0.3) is 0 Å². The summed E-state index contributed by atoms with van der Waals surface area (Å²) in [7, 11) is 0. The molecule has 1 aromatic heterocycles. The third-order valence-corrected chi connectivity index (χ3v) is 3.99. The van der Waals surface area contributed by atoms with Gasteiger partial charge in [0.05, 0.1) is 11.3 Å². The van der Waals surface area contributed by atoms with Crippen molar-refractivity contribution in [2.45, 2.75) is 39.7 Å². The molecule has 1 aliphatic carbocycles. The van der Waals surface area contributed by atoms with Crippen LogP contribution in [0.2, 0.25) is 0 Å². The van der Waals surface area contributed by atoms with Crippen molar-refractivity contribution in [1.29, 1.82) is 0 Å². The number of carbonyl (C=O) groups is 1. The largest absolute Gasteiger partial charge is 0.478 e. The van der Waals surface area contributed by atoms with Crippen LogP contribution in [-0.2, 0) is 0 Å². The standard InChI is InChI=1S/C13H19N3O2/c1-7-4-5-11(8(7)2)16-13-14-6-10(12(17)18)9(3)15-13/h6-8,11H,4-5H2,1-3H3,(H,17,18)(H,14,15,16). The molecule has 5 nitrogen and oxygen atoms in total. The average molecular weight is 249 g/mol. The molecule has 0 bridgehead atoms. The number of hydrogen-bond donors (Lipinski definition) is 2. The van der Waals surface area contributed by atoms with Crippen molar-refractivity contribution in [3.63, 3.8) is 0 Å². The fraction of sp³-hybridized carbons (Fsp3) is 0.615. The Morgan fingerprint density at radius 1 is 1.44 bits per heavy atom. The Kier molecular flexibility index (Phi) is 3.50. The molecule has 0 radical (unpaired) electrons. The molecule has 2 N–H and O–H groups in total. The minimum Gasteiger partial charge on any atom is -0.478 e. The maximum Gasteiger partial charge on any atom is 0.339 e. The van der Waals surface area contributed by atoms with Crippen LogP contribution in [-0.4, -0.2) is 27.1 Å². The highest BCUT2D eigenvalue weighted by molar-refractivity contribution is 5.88. The molecule has 0 saturated heterocycles. The molecule has 2 rings (SSSR count). The molecular weight excluding hydrogens is 230 g/mol. The normalized spacial score (nSPS) is 27.2. The van der Waals surface area contributed by atoms with Gasteiger partial charge in [0.25, 0.3) is 0 Å². The van der Waals surface area contributed by atoms with Gasteiger partial charge in [-0.25, -0.2) is 14.8 Å². The van der Waals surface area contributed by atoms with E-state index in [2.05, 4.69) is 29.1 Å². The Morgan fingerprint density at radius 3 is 2.67 bits per heavy atom. The highest BCUT2D eigenvalue weighted by atomic mass is 16.4. The van der Waals surface area contributed by atoms with E-state index in [0.717, 1.165) is 6.42 Å². The average Bonchev–Trinajstić information content (AvgIpc) is 2.61. The zero-order chi connectivity index (χ0) is 13.3. The van der Waals surface area contributed by atoms with Gasteiger partial charge in [0.1, 0.15) is 0 Å². The zero-order valence-corrected chi connectivity index (χ0v) is 11.0. The van der Waals surface area contributed by atoms with E-state index >= 15 is 0 Å². The summed E-state index contributed by atoms with van der Waals surface area (Å²) >= 11 is 0. The van der Waals surface area contributed by atoms with Crippen LogP contribution < -0.4 is 5.32 Å². The smallest absolute Gasteiger partial charge is 0.339 e. The lowest BCUT2D eigenvalue weighted by Crippen LogP contribution is -2.25. The Balaban J connectivity index is 2.11. The molecular formula is C13H19N3O2. The SMILES string of the molecule is Cc1nc(NC2CCC(C)C2C)ncc1C(=O)O. The molecule has 0 aliphatic heterocycles. The van der Waals surface area contributed by atoms with Crippen molar-refractivity contribution >= 4 is 11.9 Å². The number of carboxylic acid groups (broad SMARTS) is 1. The van der Waals surface area contributed by atoms with Crippen molar-refractivity contribution in [2.24, 2.45) is 11.8 Å². The molecule has 3 atom stereocenters. The van der Waals surface area contributed by atoms with Gasteiger partial charge in [0.2, 0.25) is 5.95 Å². The molecule has 3 unspecified atom stereocenters. The van der Waals surface area contributed by atoms with Crippen molar-refractivity contribution < 1.29 is 9.90 Å². The number of hydrogen-bond acceptors (Lipinski definition) is 4. The fourth-order valence-corrected chi connectivity index (χ4v) is 2.48. The van der Waals surface area contributed by atoms with Gasteiger partial charge in [-0.1, -0.05) is 13.8 Å². The first-order chi connectivity index (χ1) is 8.49. The van der Waals surface area contributed by atoms with Crippen LogP contribution in [0.3, 0.4) is 0 Å². The van der Waals surface area contributed by atoms with Gasteiger partial charge in [-0.05, 0) is 31.6 Å². The first-order valence-electron chi connectivity index (χ1n) is 6.32. The predicted octanol–water partition coefficient (Wildman–Crippen LogP) is 2.33. The van der Waals surface area contributed by atoms with E-state index in [9.17, 15) is 4.79 Å². The second-order valence-corrected chi connectivity index (χ2v) is 5.16. The van der Waals surface area contributed by atoms with Crippen molar-refractivity contribution in [1.82, 2.24) is 9.97 Å². The Morgan fingerprint density at radius 2 is 2.17 bits per heavy atom. The molecule has 0 spiro atoms. The summed E-state index contributed by atoms with van der Waals surface area (Å²) < 4.78 is 0. The van der Waals surface area contributed by atoms with Crippen molar-refractivity contribution in [3.8, 4) is 0 Å². The summed E-state index contributed by atoms with van der Waals surface area (Å²) in [5.74, 6) is 0.848. The monoisotopic (exact) mass is 249 g/mol. The lowest BCUT2D eigenvalue weighted by Gasteiger charge is -2.19. The number of carboxylic acids is 1. The van der Waals surface area contributed by atoms with Crippen LogP contribution in [0.5, 0.6) is 0 Å². The highest BCUT2D eigenvalue weighted by Gasteiger charge is 2.30. The molecule has 98 valence electrons. The van der Waals surface area contributed by atoms with Crippen LogP contribution in [0, 0.1) is 18.8 Å². The number of anilines is 1. The van der Waals surface area contributed by atoms with E-state index in [1.54, 1.807) is 6.92 Å². The highest BCUT2D eigenvalue weighted by Crippen LogP contribution is 2.32. The topological polar surface area (TPSA) is 75.1 Å². The number of aromatic carboxylic acids is 1. The molecule has 1 aromatic rings. The first-order valence-corrected chi connectivity index (χ1v) is 6.32. The number of nitrogens with zero attached hydrogens (tertiary/aromatic N) is 2. The van der Waals surface area contributed by atoms with Crippen LogP contribution in [0.4, 0.5) is 5.95 Å². The number of rotatable bonds is 3. The van der Waals surface area contributed by atoms with Gasteiger partial charge in [-0.2, -0.15) is 0 Å². The minimum absolute atomic E-state index is 0.161. The van der Waals surface area contributed by atoms with Gasteiger partial charge in [0, 0.05) is 12.2 Å². The summed E-state index contributed by atoms with van der Waals surface area (Å²) in [6.07, 6.45) is 3.70. The van der Waals surface area contributed by atoms with Gasteiger partial charge >= 0.3 is 5.97 Å². The number of nitrogens with one attached hydrogen (secondary N) is 1. The lowest BCUT2D eigenvalue weighted by atomic mass is 9.98. The van der Waals surface area contributed by atoms with Crippen molar-refractivity contribution in [2.75, 3.05) is 5.32 Å². The molecule has 0 aromatic carbocycles. The summed E-state index contributed by atoms with van der Waals surface area (Å²) in [5.41, 5.74) is 0.659. The third-order valence-electron chi connectivity index (χ3n) is 3.99. The quantitative estimate of drug-likeness (QED) is 0.860. The van der Waals surface area contributed by atoms with Crippen molar-refractivity contribution in [3.05, 3.63) is 17.5 Å². The van der Waals surface area contributed by atoms with E-state index in [-0.39, 0.29) is 5.56 Å². The Bertz CT molecular complexity index is 462. The maximum absolute atomic E-state index is 10.9. The van der Waals surface area contributed by atoms with Crippen LogP contribution in [0.1, 0.15) is 42.7 Å². The number of aryl methyl sites for hydroxylation is 1. The molecule has 5 heteroatoms. The first kappa shape index (κ1) is 12.8. The van der Waals surface area contributed by atoms with Gasteiger partial charge < -0.3 is 10.4 Å². The maximum atomic E-state index is 10.9. The summed E-state index contributed by atoms with van der Waals surface area (Å²) in [4.78, 5) is 19.2. The molecule has 1 saturated carbocycles. The summed E-state index contributed by atoms with van der Waals surface area (Å²) in [6.45, 7) is 6.18. The number of aromatic nitrogens is 2. The van der Waals surface area contributed by atoms with E-state index in [1.165, 1.54) is 12.6 Å². The second kappa shape index (κ2) is 4.92. The van der Waals surface area contributed by atoms with Gasteiger partial charge in [0.15, 0.2) is 0 Å². The molecule has 1 aliphatic rings. The fourth-order valence-electron chi connectivity index (χ4n) is 2.48. The van der Waals surface area contributed by atoms with Crippen LogP contribution >= 0.6 is 0 Å². The summed E-state index contributed by atoms with van der Waals surface area (Å²) in [6, 6.07) is 0.384. The van der Waals surface area contributed by atoms with Gasteiger partial charge in [-0.3, -0.25) is 0 Å². The van der Waals surface area contributed by atoms with Crippen LogP contribution in [0.15, 0.2) is 6.20 Å². The lowest BCUT2D eigenvalue weighted by molar-refractivity contribution is 0.0695. The van der Waals surface area contributed by atoms with E-state index in [4.69, 9.17) is 5.11 Å². The Labute approximate surface area is 107 Å². The predicted molar refractivity (Wildman–Crippen MR) is 68.7 cm³/mol. The van der Waals surface area contributed by atoms with E-state index in [1.807, 2.05) is 0 Å². The van der Waals surface area contributed by atoms with Gasteiger partial charge in [-0.15, -0.1) is 0 Å². The Hall–Kier alpha value is -1.65. The molecule has 1 heterocycles. The third kappa shape index (κ3) is 2.44. The van der Waals surface area contributed by atoms with E-state index in [0.29, 0.717) is 29.5 Å². The zero-order valence-electron chi connectivity index (χ0n) is 11.0. The second-order valence-electron chi connectivity index (χ2n) is 5.16. The minimum atomic E-state index is -0.984. The molecule has 18 heavy (non-hydrogen) atoms. The molecule has 1 fully saturated rings. The summed E-state index contributed by atoms with van der Waals surface area (Å²) in [5, 5.41) is 12.2.